The number of hydrogen-bond acceptors (Lipinski definition) is 1. The Hall–Kier alpha value is -0.540. The van der Waals surface area contributed by atoms with Crippen LogP contribution in [0.25, 0.3) is 0 Å². The van der Waals surface area contributed by atoms with Gasteiger partial charge in [-0.15, -0.1) is 0 Å². The van der Waals surface area contributed by atoms with E-state index < -0.39 is 0 Å². The van der Waals surface area contributed by atoms with Crippen LogP contribution in [0, 0.1) is 0 Å². The lowest BCUT2D eigenvalue weighted by molar-refractivity contribution is 0.573. The number of benzene rings is 2. The molecule has 0 heterocycles. The van der Waals surface area contributed by atoms with Gasteiger partial charge in [0, 0.05) is 27.1 Å². The second-order valence-corrected chi connectivity index (χ2v) is 6.06. The maximum Gasteiger partial charge on any atom is 0.0465 e. The summed E-state index contributed by atoms with van der Waals surface area (Å²) in [6, 6.07) is 14.0. The summed E-state index contributed by atoms with van der Waals surface area (Å²) >= 11 is 15.6. The Bertz CT molecular complexity index is 572. The van der Waals surface area contributed by atoms with Gasteiger partial charge < -0.3 is 5.32 Å². The second kappa shape index (κ2) is 6.76. The fraction of sp³-hybridized carbons (Fsp3) is 0.200. The van der Waals surface area contributed by atoms with Crippen LogP contribution in [-0.2, 0) is 6.54 Å². The van der Waals surface area contributed by atoms with Crippen LogP contribution in [0.1, 0.15) is 24.1 Å². The zero-order valence-corrected chi connectivity index (χ0v) is 13.6. The molecule has 0 saturated carbocycles. The average molecular weight is 359 g/mol. The van der Waals surface area contributed by atoms with E-state index in [2.05, 4.69) is 34.2 Å². The molecule has 0 saturated heterocycles. The van der Waals surface area contributed by atoms with Crippen molar-refractivity contribution in [3.63, 3.8) is 0 Å². The molecule has 0 aliphatic heterocycles. The molecule has 4 heteroatoms. The van der Waals surface area contributed by atoms with Gasteiger partial charge in [-0.05, 0) is 36.2 Å². The summed E-state index contributed by atoms with van der Waals surface area (Å²) in [5, 5.41) is 4.81. The van der Waals surface area contributed by atoms with E-state index >= 15 is 0 Å². The minimum atomic E-state index is 0.238. The number of hydrogen-bond donors (Lipinski definition) is 1. The van der Waals surface area contributed by atoms with Crippen molar-refractivity contribution in [3.05, 3.63) is 68.1 Å². The van der Waals surface area contributed by atoms with Crippen LogP contribution >= 0.6 is 39.1 Å². The fourth-order valence-corrected chi connectivity index (χ4v) is 2.97. The lowest BCUT2D eigenvalue weighted by Gasteiger charge is -2.16. The Labute approximate surface area is 132 Å². The third-order valence-electron chi connectivity index (χ3n) is 2.99. The molecule has 100 valence electrons. The van der Waals surface area contributed by atoms with Gasteiger partial charge in [0.1, 0.15) is 0 Å². The van der Waals surface area contributed by atoms with E-state index in [0.717, 1.165) is 10.0 Å². The molecule has 2 aromatic carbocycles. The summed E-state index contributed by atoms with van der Waals surface area (Å²) in [5.41, 5.74) is 2.28. The van der Waals surface area contributed by atoms with Crippen molar-refractivity contribution in [2.75, 3.05) is 0 Å². The average Bonchev–Trinajstić information content (AvgIpc) is 2.38. The van der Waals surface area contributed by atoms with Crippen molar-refractivity contribution in [2.45, 2.75) is 19.5 Å². The van der Waals surface area contributed by atoms with Crippen LogP contribution in [0.15, 0.2) is 46.9 Å². The van der Waals surface area contributed by atoms with Gasteiger partial charge in [-0.25, -0.2) is 0 Å². The van der Waals surface area contributed by atoms with Gasteiger partial charge in [-0.1, -0.05) is 63.4 Å². The highest BCUT2D eigenvalue weighted by molar-refractivity contribution is 9.10. The van der Waals surface area contributed by atoms with Crippen LogP contribution in [-0.4, -0.2) is 0 Å². The van der Waals surface area contributed by atoms with Gasteiger partial charge in [-0.2, -0.15) is 0 Å². The van der Waals surface area contributed by atoms with Crippen LogP contribution < -0.4 is 5.32 Å². The number of nitrogens with one attached hydrogen (secondary N) is 1. The molecule has 0 bridgehead atoms. The van der Waals surface area contributed by atoms with Crippen molar-refractivity contribution < 1.29 is 0 Å². The highest BCUT2D eigenvalue weighted by Gasteiger charge is 2.09. The molecule has 1 atom stereocenters. The van der Waals surface area contributed by atoms with Gasteiger partial charge in [-0.3, -0.25) is 0 Å². The van der Waals surface area contributed by atoms with Gasteiger partial charge in [0.15, 0.2) is 0 Å². The van der Waals surface area contributed by atoms with Crippen LogP contribution in [0.5, 0.6) is 0 Å². The van der Waals surface area contributed by atoms with E-state index in [4.69, 9.17) is 23.2 Å². The SMILES string of the molecule is C[C@H](NCc1ccc(Cl)cc1Cl)c1ccccc1Br. The Morgan fingerprint density at radius 2 is 1.89 bits per heavy atom. The van der Waals surface area contributed by atoms with Crippen LogP contribution in [0.2, 0.25) is 10.0 Å². The Morgan fingerprint density at radius 1 is 1.16 bits per heavy atom. The van der Waals surface area contributed by atoms with Crippen molar-refractivity contribution in [3.8, 4) is 0 Å². The lowest BCUT2D eigenvalue weighted by atomic mass is 10.1. The van der Waals surface area contributed by atoms with E-state index in [1.807, 2.05) is 30.3 Å². The Kier molecular flexibility index (Phi) is 5.28. The molecule has 0 aliphatic rings. The standard InChI is InChI=1S/C15H14BrCl2N/c1-10(13-4-2-3-5-14(13)16)19-9-11-6-7-12(17)8-15(11)18/h2-8,10,19H,9H2,1H3/t10-/m0/s1. The quantitative estimate of drug-likeness (QED) is 0.749. The third-order valence-corrected chi connectivity index (χ3v) is 4.29. The van der Waals surface area contributed by atoms with E-state index in [1.54, 1.807) is 6.07 Å². The monoisotopic (exact) mass is 357 g/mol. The molecule has 0 fully saturated rings. The molecule has 0 amide bonds. The molecule has 0 aromatic heterocycles. The molecule has 19 heavy (non-hydrogen) atoms. The zero-order chi connectivity index (χ0) is 13.8. The van der Waals surface area contributed by atoms with E-state index in [-0.39, 0.29) is 6.04 Å². The molecule has 0 radical (unpaired) electrons. The number of rotatable bonds is 4. The predicted octanol–water partition coefficient (Wildman–Crippen LogP) is 5.61. The van der Waals surface area contributed by atoms with E-state index in [9.17, 15) is 0 Å². The molecular weight excluding hydrogens is 345 g/mol. The first-order valence-electron chi connectivity index (χ1n) is 5.99. The summed E-state index contributed by atoms with van der Waals surface area (Å²) in [6.45, 7) is 2.84. The summed E-state index contributed by atoms with van der Waals surface area (Å²) in [6.07, 6.45) is 0. The smallest absolute Gasteiger partial charge is 0.0465 e. The van der Waals surface area contributed by atoms with Crippen molar-refractivity contribution >= 4 is 39.1 Å². The van der Waals surface area contributed by atoms with Gasteiger partial charge in [0.25, 0.3) is 0 Å². The summed E-state index contributed by atoms with van der Waals surface area (Å²) in [5.74, 6) is 0. The minimum absolute atomic E-state index is 0.238. The van der Waals surface area contributed by atoms with Crippen molar-refractivity contribution in [1.29, 1.82) is 0 Å². The molecule has 0 spiro atoms. The van der Waals surface area contributed by atoms with Gasteiger partial charge in [0.05, 0.1) is 0 Å². The second-order valence-electron chi connectivity index (χ2n) is 4.36. The molecule has 0 aliphatic carbocycles. The Balaban J connectivity index is 2.04. The zero-order valence-electron chi connectivity index (χ0n) is 10.5. The highest BCUT2D eigenvalue weighted by Crippen LogP contribution is 2.25. The van der Waals surface area contributed by atoms with Gasteiger partial charge >= 0.3 is 0 Å². The van der Waals surface area contributed by atoms with Crippen LogP contribution in [0.3, 0.4) is 0 Å². The molecule has 0 unspecified atom stereocenters. The first kappa shape index (κ1) is 14.9. The first-order valence-corrected chi connectivity index (χ1v) is 7.54. The first-order chi connectivity index (χ1) is 9.08. The number of halogens is 3. The topological polar surface area (TPSA) is 12.0 Å². The highest BCUT2D eigenvalue weighted by atomic mass is 79.9. The molecule has 2 aromatic rings. The maximum atomic E-state index is 6.16. The van der Waals surface area contributed by atoms with Crippen LogP contribution in [0.4, 0.5) is 0 Å². The maximum absolute atomic E-state index is 6.16. The normalized spacial score (nSPS) is 12.4. The molecular formula is C15H14BrCl2N. The molecule has 2 rings (SSSR count). The van der Waals surface area contributed by atoms with Crippen molar-refractivity contribution in [1.82, 2.24) is 5.32 Å². The summed E-state index contributed by atoms with van der Waals surface area (Å²) in [4.78, 5) is 0. The largest absolute Gasteiger partial charge is 0.306 e. The summed E-state index contributed by atoms with van der Waals surface area (Å²) < 4.78 is 1.11. The fourth-order valence-electron chi connectivity index (χ4n) is 1.86. The minimum Gasteiger partial charge on any atom is -0.306 e. The summed E-state index contributed by atoms with van der Waals surface area (Å²) in [7, 11) is 0. The predicted molar refractivity (Wildman–Crippen MR) is 85.9 cm³/mol. The lowest BCUT2D eigenvalue weighted by Crippen LogP contribution is -2.18. The third kappa shape index (κ3) is 3.96. The molecule has 1 nitrogen and oxygen atoms in total. The van der Waals surface area contributed by atoms with Crippen molar-refractivity contribution in [2.24, 2.45) is 0 Å². The van der Waals surface area contributed by atoms with Gasteiger partial charge in [0.2, 0.25) is 0 Å². The molecule has 1 N–H and O–H groups in total. The van der Waals surface area contributed by atoms with E-state index in [0.29, 0.717) is 16.6 Å². The van der Waals surface area contributed by atoms with E-state index in [1.165, 1.54) is 5.56 Å². The Morgan fingerprint density at radius 3 is 2.58 bits per heavy atom.